The molecular weight excluding hydrogens is 330 g/mol. The molecule has 26 heavy (non-hydrogen) atoms. The van der Waals surface area contributed by atoms with E-state index in [1.54, 1.807) is 7.11 Å². The highest BCUT2D eigenvalue weighted by molar-refractivity contribution is 5.79. The van der Waals surface area contributed by atoms with Crippen LogP contribution in [0.25, 0.3) is 0 Å². The largest absolute Gasteiger partial charge is 0.497 e. The van der Waals surface area contributed by atoms with E-state index in [1.165, 1.54) is 5.56 Å². The molecule has 2 aromatic rings. The van der Waals surface area contributed by atoms with Crippen LogP contribution in [0.5, 0.6) is 5.75 Å². The molecule has 1 aromatic carbocycles. The van der Waals surface area contributed by atoms with Gasteiger partial charge in [-0.25, -0.2) is 0 Å². The van der Waals surface area contributed by atoms with Crippen molar-refractivity contribution >= 4 is 5.91 Å². The van der Waals surface area contributed by atoms with Crippen molar-refractivity contribution in [3.8, 4) is 5.75 Å². The topological polar surface area (TPSA) is 56.6 Å². The molecule has 6 nitrogen and oxygen atoms in total. The second-order valence-electron chi connectivity index (χ2n) is 6.80. The number of likely N-dealkylation sites (tertiary alicyclic amines) is 1. The Hall–Kier alpha value is -2.34. The molecular formula is C20H27N3O3. The lowest BCUT2D eigenvalue weighted by molar-refractivity contribution is -0.129. The summed E-state index contributed by atoms with van der Waals surface area (Å²) in [6.45, 7) is 4.79. The van der Waals surface area contributed by atoms with Crippen molar-refractivity contribution in [2.45, 2.75) is 19.3 Å². The van der Waals surface area contributed by atoms with Gasteiger partial charge >= 0.3 is 0 Å². The van der Waals surface area contributed by atoms with Gasteiger partial charge in [0.25, 0.3) is 0 Å². The average molecular weight is 357 g/mol. The number of benzene rings is 1. The fourth-order valence-corrected chi connectivity index (χ4v) is 3.59. The quantitative estimate of drug-likeness (QED) is 0.763. The third-order valence-corrected chi connectivity index (χ3v) is 4.97. The molecule has 0 unspecified atom stereocenters. The predicted octanol–water partition coefficient (Wildman–Crippen LogP) is 2.25. The highest BCUT2D eigenvalue weighted by Crippen LogP contribution is 2.33. The summed E-state index contributed by atoms with van der Waals surface area (Å²) in [4.78, 5) is 14.8. The predicted molar refractivity (Wildman–Crippen MR) is 99.2 cm³/mol. The Kier molecular flexibility index (Phi) is 5.93. The average Bonchev–Trinajstić information content (AvgIpc) is 3.26. The van der Waals surface area contributed by atoms with Crippen molar-refractivity contribution in [2.24, 2.45) is 13.0 Å². The lowest BCUT2D eigenvalue weighted by Gasteiger charge is -2.16. The molecule has 1 aromatic heterocycles. The van der Waals surface area contributed by atoms with E-state index < -0.39 is 0 Å². The number of hydrogen-bond acceptors (Lipinski definition) is 4. The maximum absolute atomic E-state index is 12.8. The van der Waals surface area contributed by atoms with E-state index in [9.17, 15) is 4.79 Å². The van der Waals surface area contributed by atoms with Gasteiger partial charge in [-0.1, -0.05) is 12.1 Å². The maximum atomic E-state index is 12.8. The van der Waals surface area contributed by atoms with E-state index in [-0.39, 0.29) is 11.8 Å². The minimum absolute atomic E-state index is 0.145. The van der Waals surface area contributed by atoms with Gasteiger partial charge in [-0.2, -0.15) is 5.10 Å². The minimum Gasteiger partial charge on any atom is -0.497 e. The second-order valence-corrected chi connectivity index (χ2v) is 6.80. The first kappa shape index (κ1) is 18.5. The number of nitrogens with zero attached hydrogens (tertiary/aromatic N) is 3. The highest BCUT2D eigenvalue weighted by Gasteiger charge is 2.36. The number of aryl methyl sites for hydroxylation is 1. The van der Waals surface area contributed by atoms with Gasteiger partial charge in [-0.15, -0.1) is 0 Å². The minimum atomic E-state index is 0.145. The number of rotatable bonds is 7. The van der Waals surface area contributed by atoms with Crippen LogP contribution in [0, 0.1) is 5.92 Å². The number of hydrogen-bond donors (Lipinski definition) is 0. The number of aromatic nitrogens is 2. The van der Waals surface area contributed by atoms with Crippen LogP contribution in [0.1, 0.15) is 24.0 Å². The number of ether oxygens (including phenoxy) is 2. The van der Waals surface area contributed by atoms with Crippen LogP contribution >= 0.6 is 0 Å². The molecule has 1 saturated heterocycles. The molecule has 0 N–H and O–H groups in total. The maximum Gasteiger partial charge on any atom is 0.227 e. The van der Waals surface area contributed by atoms with Gasteiger partial charge in [0.05, 0.1) is 26.3 Å². The summed E-state index contributed by atoms with van der Waals surface area (Å²) in [6.07, 6.45) is 4.33. The number of carbonyl (C=O) groups is 1. The van der Waals surface area contributed by atoms with E-state index in [0.29, 0.717) is 32.1 Å². The summed E-state index contributed by atoms with van der Waals surface area (Å²) in [5, 5.41) is 4.29. The first-order valence-electron chi connectivity index (χ1n) is 9.07. The molecule has 0 aliphatic carbocycles. The third kappa shape index (κ3) is 4.25. The zero-order valence-corrected chi connectivity index (χ0v) is 15.7. The lowest BCUT2D eigenvalue weighted by atomic mass is 9.92. The van der Waals surface area contributed by atoms with Crippen LogP contribution in [0.2, 0.25) is 0 Å². The first-order valence-corrected chi connectivity index (χ1v) is 9.07. The van der Waals surface area contributed by atoms with Gasteiger partial charge in [-0.05, 0) is 30.2 Å². The zero-order chi connectivity index (χ0) is 18.5. The van der Waals surface area contributed by atoms with Crippen molar-refractivity contribution in [3.63, 3.8) is 0 Å². The van der Waals surface area contributed by atoms with Crippen LogP contribution < -0.4 is 4.74 Å². The molecule has 0 radical (unpaired) electrons. The molecule has 0 spiro atoms. The van der Waals surface area contributed by atoms with Gasteiger partial charge in [0.1, 0.15) is 5.75 Å². The summed E-state index contributed by atoms with van der Waals surface area (Å²) in [5.41, 5.74) is 2.15. The second kappa shape index (κ2) is 8.36. The number of carbonyl (C=O) groups excluding carboxylic acids is 1. The molecule has 2 atom stereocenters. The molecule has 1 amide bonds. The normalized spacial score (nSPS) is 19.7. The zero-order valence-electron chi connectivity index (χ0n) is 15.7. The molecule has 1 aliphatic heterocycles. The van der Waals surface area contributed by atoms with Crippen LogP contribution in [0.3, 0.4) is 0 Å². The molecule has 0 saturated carbocycles. The van der Waals surface area contributed by atoms with Crippen LogP contribution in [0.15, 0.2) is 36.7 Å². The van der Waals surface area contributed by atoms with Gasteiger partial charge < -0.3 is 14.4 Å². The fourth-order valence-electron chi connectivity index (χ4n) is 3.59. The Bertz CT molecular complexity index is 743. The van der Waals surface area contributed by atoms with Gasteiger partial charge in [-0.3, -0.25) is 9.48 Å². The van der Waals surface area contributed by atoms with E-state index in [2.05, 4.69) is 5.10 Å². The van der Waals surface area contributed by atoms with Crippen LogP contribution in [-0.2, 0) is 23.0 Å². The molecule has 3 rings (SSSR count). The Morgan fingerprint density at radius 2 is 2.19 bits per heavy atom. The van der Waals surface area contributed by atoms with Crippen LogP contribution in [-0.4, -0.2) is 54.0 Å². The van der Waals surface area contributed by atoms with Gasteiger partial charge in [0.2, 0.25) is 5.91 Å². The van der Waals surface area contributed by atoms with E-state index in [1.807, 2.05) is 60.2 Å². The summed E-state index contributed by atoms with van der Waals surface area (Å²) >= 11 is 0. The Labute approximate surface area is 154 Å². The summed E-state index contributed by atoms with van der Waals surface area (Å²) in [6, 6.07) is 7.69. The lowest BCUT2D eigenvalue weighted by Crippen LogP contribution is -2.30. The Balaban J connectivity index is 1.70. The smallest absolute Gasteiger partial charge is 0.227 e. The molecule has 1 aliphatic rings. The number of amides is 1. The van der Waals surface area contributed by atoms with E-state index in [0.717, 1.165) is 17.9 Å². The summed E-state index contributed by atoms with van der Waals surface area (Å²) in [7, 11) is 3.56. The van der Waals surface area contributed by atoms with Crippen LogP contribution in [0.4, 0.5) is 0 Å². The SMILES string of the molecule is CCOC[C@@H]1CN(C(=O)Cc2cccc(OC)c2)C[C@H]1c1cnn(C)c1. The van der Waals surface area contributed by atoms with Crippen molar-refractivity contribution in [2.75, 3.05) is 33.4 Å². The Morgan fingerprint density at radius 1 is 1.35 bits per heavy atom. The third-order valence-electron chi connectivity index (χ3n) is 4.97. The summed E-state index contributed by atoms with van der Waals surface area (Å²) < 4.78 is 12.7. The standard InChI is InChI=1S/C20H27N3O3/c1-4-26-14-17-12-23(13-19(17)16-10-21-22(2)11-16)20(24)9-15-6-5-7-18(8-15)25-3/h5-8,10-11,17,19H,4,9,12-14H2,1-3H3/t17-,19-/m0/s1. The van der Waals surface area contributed by atoms with Crippen molar-refractivity contribution in [1.29, 1.82) is 0 Å². The van der Waals surface area contributed by atoms with Gasteiger partial charge in [0, 0.05) is 44.8 Å². The van der Waals surface area contributed by atoms with Crippen molar-refractivity contribution < 1.29 is 14.3 Å². The van der Waals surface area contributed by atoms with Crippen molar-refractivity contribution in [1.82, 2.24) is 14.7 Å². The van der Waals surface area contributed by atoms with E-state index >= 15 is 0 Å². The highest BCUT2D eigenvalue weighted by atomic mass is 16.5. The summed E-state index contributed by atoms with van der Waals surface area (Å²) in [5.74, 6) is 1.49. The fraction of sp³-hybridized carbons (Fsp3) is 0.500. The molecule has 0 bridgehead atoms. The molecule has 2 heterocycles. The Morgan fingerprint density at radius 3 is 2.88 bits per heavy atom. The van der Waals surface area contributed by atoms with Gasteiger partial charge in [0.15, 0.2) is 0 Å². The molecule has 6 heteroatoms. The number of methoxy groups -OCH3 is 1. The van der Waals surface area contributed by atoms with Crippen molar-refractivity contribution in [3.05, 3.63) is 47.8 Å². The molecule has 140 valence electrons. The van der Waals surface area contributed by atoms with E-state index in [4.69, 9.17) is 9.47 Å². The monoisotopic (exact) mass is 357 g/mol. The first-order chi connectivity index (χ1) is 12.6. The molecule has 1 fully saturated rings.